The third-order valence-corrected chi connectivity index (χ3v) is 2.95. The Morgan fingerprint density at radius 2 is 2.00 bits per heavy atom. The van der Waals surface area contributed by atoms with Gasteiger partial charge < -0.3 is 15.3 Å². The minimum atomic E-state index is -0.233. The van der Waals surface area contributed by atoms with E-state index in [1.54, 1.807) is 12.2 Å². The first-order valence-electron chi connectivity index (χ1n) is 6.42. The van der Waals surface area contributed by atoms with Gasteiger partial charge in [0.2, 0.25) is 5.91 Å². The summed E-state index contributed by atoms with van der Waals surface area (Å²) in [5.41, 5.74) is 2.19. The van der Waals surface area contributed by atoms with Crippen LogP contribution in [-0.4, -0.2) is 15.9 Å². The second-order valence-electron chi connectivity index (χ2n) is 4.50. The molecule has 1 unspecified atom stereocenters. The molecule has 3 N–H and O–H groups in total. The molecule has 0 aliphatic heterocycles. The van der Waals surface area contributed by atoms with Crippen molar-refractivity contribution >= 4 is 16.9 Å². The molecule has 0 fully saturated rings. The monoisotopic (exact) mass is 271 g/mol. The van der Waals surface area contributed by atoms with Gasteiger partial charge in [0.25, 0.3) is 0 Å². The van der Waals surface area contributed by atoms with Gasteiger partial charge in [0.05, 0.1) is 17.1 Å². The van der Waals surface area contributed by atoms with Crippen LogP contribution in [0.25, 0.3) is 11.0 Å². The standard InChI is InChI=1S/C15H17N3O2/c1-3-4-5-6-14(19)16-10(2)11-7-8-12-13(9-11)18-15(20)17-12/h3-10H,1-2H3,(H,16,19)(H2,17,18,20). The first-order chi connectivity index (χ1) is 9.60. The molecule has 0 aliphatic rings. The normalized spacial score (nSPS) is 13.3. The summed E-state index contributed by atoms with van der Waals surface area (Å²) >= 11 is 0. The van der Waals surface area contributed by atoms with Crippen LogP contribution >= 0.6 is 0 Å². The maximum Gasteiger partial charge on any atom is 0.323 e. The molecule has 5 nitrogen and oxygen atoms in total. The van der Waals surface area contributed by atoms with Crippen molar-refractivity contribution in [1.82, 2.24) is 15.3 Å². The fraction of sp³-hybridized carbons (Fsp3) is 0.200. The van der Waals surface area contributed by atoms with E-state index in [4.69, 9.17) is 0 Å². The number of amides is 1. The summed E-state index contributed by atoms with van der Waals surface area (Å²) in [5, 5.41) is 2.86. The van der Waals surface area contributed by atoms with Crippen molar-refractivity contribution in [3.63, 3.8) is 0 Å². The van der Waals surface area contributed by atoms with Crippen LogP contribution in [-0.2, 0) is 4.79 Å². The van der Waals surface area contributed by atoms with Crippen LogP contribution in [0.1, 0.15) is 25.5 Å². The van der Waals surface area contributed by atoms with Crippen molar-refractivity contribution in [1.29, 1.82) is 0 Å². The van der Waals surface area contributed by atoms with E-state index >= 15 is 0 Å². The van der Waals surface area contributed by atoms with E-state index in [0.29, 0.717) is 0 Å². The van der Waals surface area contributed by atoms with Gasteiger partial charge in [-0.3, -0.25) is 4.79 Å². The Hall–Kier alpha value is -2.56. The van der Waals surface area contributed by atoms with E-state index in [0.717, 1.165) is 16.6 Å². The Morgan fingerprint density at radius 1 is 1.25 bits per heavy atom. The van der Waals surface area contributed by atoms with E-state index in [-0.39, 0.29) is 17.6 Å². The van der Waals surface area contributed by atoms with Crippen LogP contribution in [0.3, 0.4) is 0 Å². The molecule has 2 aromatic rings. The largest absolute Gasteiger partial charge is 0.346 e. The molecule has 5 heteroatoms. The van der Waals surface area contributed by atoms with Crippen molar-refractivity contribution in [3.05, 3.63) is 58.6 Å². The SMILES string of the molecule is CC=CC=CC(=O)NC(C)c1ccc2[nH]c(=O)[nH]c2c1. The van der Waals surface area contributed by atoms with Gasteiger partial charge in [-0.05, 0) is 31.5 Å². The Balaban J connectivity index is 2.12. The Morgan fingerprint density at radius 3 is 2.75 bits per heavy atom. The number of nitrogens with one attached hydrogen (secondary N) is 3. The summed E-state index contributed by atoms with van der Waals surface area (Å²) < 4.78 is 0. The van der Waals surface area contributed by atoms with E-state index in [2.05, 4.69) is 15.3 Å². The number of aromatic nitrogens is 2. The van der Waals surface area contributed by atoms with Crippen LogP contribution in [0.4, 0.5) is 0 Å². The molecular weight excluding hydrogens is 254 g/mol. The number of benzene rings is 1. The van der Waals surface area contributed by atoms with E-state index < -0.39 is 0 Å². The van der Waals surface area contributed by atoms with Crippen LogP contribution in [0.5, 0.6) is 0 Å². The summed E-state index contributed by atoms with van der Waals surface area (Å²) in [6.45, 7) is 3.78. The molecule has 1 aromatic heterocycles. The average molecular weight is 271 g/mol. The molecule has 0 aliphatic carbocycles. The average Bonchev–Trinajstić information content (AvgIpc) is 2.77. The van der Waals surface area contributed by atoms with Gasteiger partial charge in [0, 0.05) is 6.08 Å². The highest BCUT2D eigenvalue weighted by molar-refractivity contribution is 5.88. The zero-order chi connectivity index (χ0) is 14.5. The van der Waals surface area contributed by atoms with Crippen LogP contribution in [0.2, 0.25) is 0 Å². The number of allylic oxidation sites excluding steroid dienone is 3. The number of imidazole rings is 1. The lowest BCUT2D eigenvalue weighted by atomic mass is 10.1. The van der Waals surface area contributed by atoms with Crippen molar-refractivity contribution in [2.24, 2.45) is 0 Å². The van der Waals surface area contributed by atoms with E-state index in [9.17, 15) is 9.59 Å². The minimum absolute atomic E-state index is 0.138. The Bertz CT molecular complexity index is 722. The van der Waals surface area contributed by atoms with Gasteiger partial charge in [0.1, 0.15) is 0 Å². The smallest absolute Gasteiger partial charge is 0.323 e. The maximum absolute atomic E-state index is 11.7. The molecule has 0 spiro atoms. The quantitative estimate of drug-likeness (QED) is 0.588. The third-order valence-electron chi connectivity index (χ3n) is 2.95. The fourth-order valence-electron chi connectivity index (χ4n) is 1.92. The number of rotatable bonds is 4. The first kappa shape index (κ1) is 13.9. The maximum atomic E-state index is 11.7. The van der Waals surface area contributed by atoms with Crippen LogP contribution in [0, 0.1) is 0 Å². The molecule has 0 saturated carbocycles. The third kappa shape index (κ3) is 3.26. The molecule has 1 amide bonds. The first-order valence-corrected chi connectivity index (χ1v) is 6.42. The van der Waals surface area contributed by atoms with Crippen molar-refractivity contribution < 1.29 is 4.79 Å². The zero-order valence-electron chi connectivity index (χ0n) is 11.4. The molecule has 20 heavy (non-hydrogen) atoms. The number of fused-ring (bicyclic) bond motifs is 1. The lowest BCUT2D eigenvalue weighted by molar-refractivity contribution is -0.117. The molecular formula is C15H17N3O2. The molecule has 0 saturated heterocycles. The summed E-state index contributed by atoms with van der Waals surface area (Å²) in [6, 6.07) is 5.42. The zero-order valence-corrected chi connectivity index (χ0v) is 11.4. The number of carbonyl (C=O) groups is 1. The number of hydrogen-bond acceptors (Lipinski definition) is 2. The fourth-order valence-corrected chi connectivity index (χ4v) is 1.92. The summed E-state index contributed by atoms with van der Waals surface area (Å²) in [4.78, 5) is 28.3. The van der Waals surface area contributed by atoms with Gasteiger partial charge in [-0.15, -0.1) is 0 Å². The highest BCUT2D eigenvalue weighted by atomic mass is 16.1. The molecule has 2 rings (SSSR count). The van der Waals surface area contributed by atoms with Gasteiger partial charge in [-0.1, -0.05) is 24.3 Å². The van der Waals surface area contributed by atoms with Crippen LogP contribution < -0.4 is 11.0 Å². The van der Waals surface area contributed by atoms with Gasteiger partial charge in [0.15, 0.2) is 0 Å². The Labute approximate surface area is 116 Å². The molecule has 1 aromatic carbocycles. The van der Waals surface area contributed by atoms with Crippen LogP contribution in [0.15, 0.2) is 47.3 Å². The molecule has 0 bridgehead atoms. The van der Waals surface area contributed by atoms with E-state index in [1.807, 2.05) is 38.1 Å². The predicted octanol–water partition coefficient (Wildman–Crippen LogP) is 2.17. The summed E-state index contributed by atoms with van der Waals surface area (Å²) in [7, 11) is 0. The predicted molar refractivity (Wildman–Crippen MR) is 79.4 cm³/mol. The van der Waals surface area contributed by atoms with E-state index in [1.165, 1.54) is 6.08 Å². The van der Waals surface area contributed by atoms with Gasteiger partial charge >= 0.3 is 5.69 Å². The van der Waals surface area contributed by atoms with Gasteiger partial charge in [-0.25, -0.2) is 4.79 Å². The highest BCUT2D eigenvalue weighted by Crippen LogP contribution is 2.16. The minimum Gasteiger partial charge on any atom is -0.346 e. The highest BCUT2D eigenvalue weighted by Gasteiger charge is 2.09. The second kappa shape index (κ2) is 6.06. The number of aromatic amines is 2. The summed E-state index contributed by atoms with van der Waals surface area (Å²) in [5.74, 6) is -0.154. The number of H-pyrrole nitrogens is 2. The summed E-state index contributed by atoms with van der Waals surface area (Å²) in [6.07, 6.45) is 6.81. The van der Waals surface area contributed by atoms with Gasteiger partial charge in [-0.2, -0.15) is 0 Å². The molecule has 1 atom stereocenters. The number of carbonyl (C=O) groups excluding carboxylic acids is 1. The van der Waals surface area contributed by atoms with Crippen molar-refractivity contribution in [2.75, 3.05) is 0 Å². The lowest BCUT2D eigenvalue weighted by Gasteiger charge is -2.12. The molecule has 1 heterocycles. The van der Waals surface area contributed by atoms with Crippen molar-refractivity contribution in [2.45, 2.75) is 19.9 Å². The lowest BCUT2D eigenvalue weighted by Crippen LogP contribution is -2.24. The second-order valence-corrected chi connectivity index (χ2v) is 4.50. The topological polar surface area (TPSA) is 77.8 Å². The van der Waals surface area contributed by atoms with Crippen molar-refractivity contribution in [3.8, 4) is 0 Å². The molecule has 104 valence electrons. The Kier molecular flexibility index (Phi) is 4.20. The number of hydrogen-bond donors (Lipinski definition) is 3. The molecule has 0 radical (unpaired) electrons.